The molecule has 0 aromatic heterocycles. The monoisotopic (exact) mass is 366 g/mol. The molecule has 0 aliphatic heterocycles. The van der Waals surface area contributed by atoms with Crippen LogP contribution < -0.4 is 14.9 Å². The van der Waals surface area contributed by atoms with Crippen molar-refractivity contribution in [2.24, 2.45) is 5.10 Å². The second kappa shape index (κ2) is 7.79. The predicted molar refractivity (Wildman–Crippen MR) is 89.5 cm³/mol. The molecule has 0 saturated heterocycles. The average Bonchev–Trinajstić information content (AvgIpc) is 2.49. The van der Waals surface area contributed by atoms with Crippen LogP contribution in [0.25, 0.3) is 0 Å². The average molecular weight is 367 g/mol. The minimum Gasteiger partial charge on any atom is -0.492 e. The summed E-state index contributed by atoms with van der Waals surface area (Å²) in [7, 11) is 1.59. The molecule has 0 bridgehead atoms. The fourth-order valence-electron chi connectivity index (χ4n) is 1.83. The number of hydrazone groups is 1. The van der Waals surface area contributed by atoms with Gasteiger partial charge < -0.3 is 9.47 Å². The van der Waals surface area contributed by atoms with Crippen LogP contribution >= 0.6 is 15.9 Å². The van der Waals surface area contributed by atoms with Gasteiger partial charge in [-0.1, -0.05) is 0 Å². The molecule has 1 N–H and O–H groups in total. The van der Waals surface area contributed by atoms with Crippen LogP contribution in [0.5, 0.6) is 11.5 Å². The van der Waals surface area contributed by atoms with E-state index in [0.717, 1.165) is 10.0 Å². The van der Waals surface area contributed by atoms with E-state index in [-0.39, 0.29) is 5.82 Å². The summed E-state index contributed by atoms with van der Waals surface area (Å²) in [6, 6.07) is 9.68. The number of nitrogens with zero attached hydrogens (tertiary/aromatic N) is 1. The number of hydrogen-bond donors (Lipinski definition) is 1. The van der Waals surface area contributed by atoms with Crippen molar-refractivity contribution in [3.63, 3.8) is 0 Å². The summed E-state index contributed by atoms with van der Waals surface area (Å²) in [5.41, 5.74) is 4.38. The zero-order chi connectivity index (χ0) is 15.9. The van der Waals surface area contributed by atoms with Gasteiger partial charge in [0, 0.05) is 0 Å². The van der Waals surface area contributed by atoms with Gasteiger partial charge in [0.05, 0.1) is 30.1 Å². The molecule has 2 aromatic rings. The Morgan fingerprint density at radius 3 is 2.64 bits per heavy atom. The van der Waals surface area contributed by atoms with Crippen molar-refractivity contribution >= 4 is 27.8 Å². The highest BCUT2D eigenvalue weighted by Gasteiger charge is 2.10. The van der Waals surface area contributed by atoms with Gasteiger partial charge in [-0.15, -0.1) is 0 Å². The first-order valence-electron chi connectivity index (χ1n) is 6.69. The molecule has 0 saturated carbocycles. The minimum atomic E-state index is -0.282. The maximum atomic E-state index is 12.8. The normalized spacial score (nSPS) is 10.7. The van der Waals surface area contributed by atoms with Crippen molar-refractivity contribution in [1.82, 2.24) is 0 Å². The van der Waals surface area contributed by atoms with Gasteiger partial charge in [-0.3, -0.25) is 5.43 Å². The molecule has 0 atom stereocenters. The van der Waals surface area contributed by atoms with Crippen LogP contribution in [0, 0.1) is 5.82 Å². The summed E-state index contributed by atoms with van der Waals surface area (Å²) in [5, 5.41) is 4.12. The first-order valence-corrected chi connectivity index (χ1v) is 7.48. The number of hydrogen-bond acceptors (Lipinski definition) is 4. The van der Waals surface area contributed by atoms with E-state index in [4.69, 9.17) is 9.47 Å². The SMILES string of the molecule is CCOc1cc(/C=N/Nc2ccc(F)cc2)cc(Br)c1OC. The maximum Gasteiger partial charge on any atom is 0.174 e. The van der Waals surface area contributed by atoms with E-state index in [1.54, 1.807) is 25.5 Å². The van der Waals surface area contributed by atoms with Gasteiger partial charge in [0.25, 0.3) is 0 Å². The van der Waals surface area contributed by atoms with E-state index in [2.05, 4.69) is 26.5 Å². The highest BCUT2D eigenvalue weighted by molar-refractivity contribution is 9.10. The van der Waals surface area contributed by atoms with E-state index < -0.39 is 0 Å². The molecule has 0 aliphatic rings. The third-order valence-electron chi connectivity index (χ3n) is 2.79. The Kier molecular flexibility index (Phi) is 5.77. The van der Waals surface area contributed by atoms with Crippen molar-refractivity contribution in [3.05, 3.63) is 52.3 Å². The Morgan fingerprint density at radius 1 is 1.27 bits per heavy atom. The zero-order valence-electron chi connectivity index (χ0n) is 12.3. The van der Waals surface area contributed by atoms with E-state index in [1.165, 1.54) is 12.1 Å². The number of methoxy groups -OCH3 is 1. The van der Waals surface area contributed by atoms with Gasteiger partial charge in [0.1, 0.15) is 5.82 Å². The molecule has 2 rings (SSSR count). The Labute approximate surface area is 137 Å². The van der Waals surface area contributed by atoms with E-state index in [0.29, 0.717) is 23.8 Å². The van der Waals surface area contributed by atoms with Gasteiger partial charge in [0.15, 0.2) is 11.5 Å². The summed E-state index contributed by atoms with van der Waals surface area (Å²) in [6.07, 6.45) is 1.65. The lowest BCUT2D eigenvalue weighted by Gasteiger charge is -2.11. The predicted octanol–water partition coefficient (Wildman–Crippen LogP) is 4.44. The van der Waals surface area contributed by atoms with Crippen molar-refractivity contribution < 1.29 is 13.9 Å². The lowest BCUT2D eigenvalue weighted by atomic mass is 10.2. The van der Waals surface area contributed by atoms with Crippen LogP contribution in [-0.4, -0.2) is 19.9 Å². The molecule has 116 valence electrons. The molecule has 2 aromatic carbocycles. The van der Waals surface area contributed by atoms with Crippen LogP contribution in [0.4, 0.5) is 10.1 Å². The third-order valence-corrected chi connectivity index (χ3v) is 3.38. The summed E-state index contributed by atoms with van der Waals surface area (Å²) < 4.78 is 24.4. The van der Waals surface area contributed by atoms with Gasteiger partial charge in [-0.2, -0.15) is 5.10 Å². The highest BCUT2D eigenvalue weighted by atomic mass is 79.9. The molecule has 0 aliphatic carbocycles. The Morgan fingerprint density at radius 2 is 2.00 bits per heavy atom. The maximum absolute atomic E-state index is 12.8. The van der Waals surface area contributed by atoms with E-state index in [9.17, 15) is 4.39 Å². The number of halogens is 2. The van der Waals surface area contributed by atoms with E-state index in [1.807, 2.05) is 19.1 Å². The molecular formula is C16H16BrFN2O2. The summed E-state index contributed by atoms with van der Waals surface area (Å²) in [6.45, 7) is 2.45. The van der Waals surface area contributed by atoms with Crippen LogP contribution in [-0.2, 0) is 0 Å². The number of nitrogens with one attached hydrogen (secondary N) is 1. The third kappa shape index (κ3) is 4.21. The topological polar surface area (TPSA) is 42.8 Å². The molecule has 0 heterocycles. The van der Waals surface area contributed by atoms with Crippen molar-refractivity contribution in [1.29, 1.82) is 0 Å². The van der Waals surface area contributed by atoms with Gasteiger partial charge in [-0.25, -0.2) is 4.39 Å². The Hall–Kier alpha value is -2.08. The summed E-state index contributed by atoms with van der Waals surface area (Å²) in [4.78, 5) is 0. The molecule has 0 unspecified atom stereocenters. The number of anilines is 1. The number of ether oxygens (including phenoxy) is 2. The van der Waals surface area contributed by atoms with E-state index >= 15 is 0 Å². The van der Waals surface area contributed by atoms with Crippen LogP contribution in [0.1, 0.15) is 12.5 Å². The summed E-state index contributed by atoms with van der Waals surface area (Å²) >= 11 is 3.44. The molecule has 0 fully saturated rings. The van der Waals surface area contributed by atoms with Gasteiger partial charge in [0.2, 0.25) is 0 Å². The van der Waals surface area contributed by atoms with Crippen LogP contribution in [0.15, 0.2) is 46.0 Å². The zero-order valence-corrected chi connectivity index (χ0v) is 13.9. The first-order chi connectivity index (χ1) is 10.6. The Balaban J connectivity index is 2.14. The standard InChI is InChI=1S/C16H16BrFN2O2/c1-3-22-15-9-11(8-14(17)16(15)21-2)10-19-20-13-6-4-12(18)5-7-13/h4-10,20H,3H2,1-2H3/b19-10+. The molecule has 22 heavy (non-hydrogen) atoms. The van der Waals surface area contributed by atoms with Gasteiger partial charge >= 0.3 is 0 Å². The van der Waals surface area contributed by atoms with Crippen LogP contribution in [0.2, 0.25) is 0 Å². The van der Waals surface area contributed by atoms with Crippen molar-refractivity contribution in [2.75, 3.05) is 19.1 Å². The fraction of sp³-hybridized carbons (Fsp3) is 0.188. The fourth-order valence-corrected chi connectivity index (χ4v) is 2.45. The smallest absolute Gasteiger partial charge is 0.174 e. The first kappa shape index (κ1) is 16.3. The molecule has 0 amide bonds. The largest absolute Gasteiger partial charge is 0.492 e. The van der Waals surface area contributed by atoms with Gasteiger partial charge in [-0.05, 0) is 64.8 Å². The molecule has 4 nitrogen and oxygen atoms in total. The lowest BCUT2D eigenvalue weighted by Crippen LogP contribution is -1.98. The van der Waals surface area contributed by atoms with Crippen molar-refractivity contribution in [2.45, 2.75) is 6.92 Å². The number of rotatable bonds is 6. The summed E-state index contributed by atoms with van der Waals surface area (Å²) in [5.74, 6) is 1.00. The lowest BCUT2D eigenvalue weighted by molar-refractivity contribution is 0.310. The Bertz CT molecular complexity index is 660. The minimum absolute atomic E-state index is 0.282. The second-order valence-corrected chi connectivity index (χ2v) is 5.20. The molecule has 0 radical (unpaired) electrons. The second-order valence-electron chi connectivity index (χ2n) is 4.34. The van der Waals surface area contributed by atoms with Crippen molar-refractivity contribution in [3.8, 4) is 11.5 Å². The number of benzene rings is 2. The molecule has 6 heteroatoms. The highest BCUT2D eigenvalue weighted by Crippen LogP contribution is 2.36. The molecule has 0 spiro atoms. The molecular weight excluding hydrogens is 351 g/mol. The van der Waals surface area contributed by atoms with Crippen LogP contribution in [0.3, 0.4) is 0 Å². The quantitative estimate of drug-likeness (QED) is 0.606.